The molecular weight excluding hydrogens is 207 g/mol. The summed E-state index contributed by atoms with van der Waals surface area (Å²) in [5.41, 5.74) is 0. The number of carboxylic acids is 1. The Kier molecular flexibility index (Phi) is 14.5. The topological polar surface area (TPSA) is 57.2 Å². The monoisotopic (exact) mass is 224 g/mol. The average molecular weight is 224 g/mol. The van der Waals surface area contributed by atoms with Crippen LogP contribution in [0.25, 0.3) is 0 Å². The first kappa shape index (κ1) is 17.2. The SMILES string of the molecule is CCCCCCCCC(=O)C(=O)[O-].[K+]. The first-order chi connectivity index (χ1) is 6.18. The third-order valence-electron chi connectivity index (χ3n) is 1.99. The van der Waals surface area contributed by atoms with Crippen molar-refractivity contribution in [2.75, 3.05) is 0 Å². The van der Waals surface area contributed by atoms with Crippen LogP contribution < -0.4 is 56.5 Å². The van der Waals surface area contributed by atoms with Gasteiger partial charge in [0.25, 0.3) is 0 Å². The van der Waals surface area contributed by atoms with Crippen LogP contribution in [0.2, 0.25) is 0 Å². The van der Waals surface area contributed by atoms with Gasteiger partial charge in [0, 0.05) is 6.42 Å². The predicted octanol–water partition coefficient (Wildman–Crippen LogP) is -1.94. The van der Waals surface area contributed by atoms with Crippen molar-refractivity contribution < 1.29 is 66.1 Å². The molecule has 0 radical (unpaired) electrons. The summed E-state index contributed by atoms with van der Waals surface area (Å²) in [6, 6.07) is 0. The van der Waals surface area contributed by atoms with Gasteiger partial charge in [-0.3, -0.25) is 4.79 Å². The molecule has 0 atom stereocenters. The van der Waals surface area contributed by atoms with Crippen molar-refractivity contribution in [1.82, 2.24) is 0 Å². The van der Waals surface area contributed by atoms with Gasteiger partial charge < -0.3 is 9.90 Å². The van der Waals surface area contributed by atoms with E-state index in [4.69, 9.17) is 0 Å². The van der Waals surface area contributed by atoms with E-state index in [-0.39, 0.29) is 57.8 Å². The van der Waals surface area contributed by atoms with Gasteiger partial charge in [-0.25, -0.2) is 0 Å². The van der Waals surface area contributed by atoms with Gasteiger partial charge in [-0.1, -0.05) is 39.0 Å². The van der Waals surface area contributed by atoms with Crippen LogP contribution in [0.5, 0.6) is 0 Å². The van der Waals surface area contributed by atoms with E-state index in [1.165, 1.54) is 19.3 Å². The molecule has 0 amide bonds. The Balaban J connectivity index is 0. The first-order valence-electron chi connectivity index (χ1n) is 4.92. The molecule has 0 saturated carbocycles. The molecule has 0 N–H and O–H groups in total. The molecule has 0 fully saturated rings. The summed E-state index contributed by atoms with van der Waals surface area (Å²) in [5, 5.41) is 10.0. The molecule has 14 heavy (non-hydrogen) atoms. The molecular formula is C10H17KO3. The second-order valence-corrected chi connectivity index (χ2v) is 3.23. The standard InChI is InChI=1S/C10H18O3.K/c1-2-3-4-5-6-7-8-9(11)10(12)13;/h2-8H2,1H3,(H,12,13);/q;+1/p-1. The molecule has 0 heterocycles. The van der Waals surface area contributed by atoms with E-state index in [2.05, 4.69) is 6.92 Å². The second-order valence-electron chi connectivity index (χ2n) is 3.23. The van der Waals surface area contributed by atoms with Crippen molar-refractivity contribution in [3.63, 3.8) is 0 Å². The van der Waals surface area contributed by atoms with Gasteiger partial charge in [-0.05, 0) is 6.42 Å². The third kappa shape index (κ3) is 10.9. The Labute approximate surface area is 128 Å². The van der Waals surface area contributed by atoms with Gasteiger partial charge in [0.15, 0.2) is 5.78 Å². The van der Waals surface area contributed by atoms with Crippen LogP contribution >= 0.6 is 0 Å². The predicted molar refractivity (Wildman–Crippen MR) is 48.0 cm³/mol. The second kappa shape index (κ2) is 11.8. The van der Waals surface area contributed by atoms with Gasteiger partial charge in [0.05, 0.1) is 0 Å². The van der Waals surface area contributed by atoms with Crippen LogP contribution in [0, 0.1) is 0 Å². The van der Waals surface area contributed by atoms with Crippen molar-refractivity contribution in [3.05, 3.63) is 0 Å². The number of hydrogen-bond donors (Lipinski definition) is 0. The Morgan fingerprint density at radius 1 is 1.00 bits per heavy atom. The van der Waals surface area contributed by atoms with Gasteiger partial charge in [-0.2, -0.15) is 0 Å². The number of carboxylic acid groups (broad SMARTS) is 1. The molecule has 0 aliphatic carbocycles. The molecule has 0 aromatic heterocycles. The number of unbranched alkanes of at least 4 members (excludes halogenated alkanes) is 5. The summed E-state index contributed by atoms with van der Waals surface area (Å²) in [7, 11) is 0. The van der Waals surface area contributed by atoms with Gasteiger partial charge in [0.2, 0.25) is 0 Å². The van der Waals surface area contributed by atoms with Crippen LogP contribution in [0.15, 0.2) is 0 Å². The summed E-state index contributed by atoms with van der Waals surface area (Å²) >= 11 is 0. The van der Waals surface area contributed by atoms with E-state index in [0.717, 1.165) is 12.8 Å². The summed E-state index contributed by atoms with van der Waals surface area (Å²) in [5.74, 6) is -2.32. The minimum Gasteiger partial charge on any atom is -0.542 e. The number of ketones is 1. The van der Waals surface area contributed by atoms with Gasteiger partial charge in [0.1, 0.15) is 5.97 Å². The fraction of sp³-hybridized carbons (Fsp3) is 0.800. The average Bonchev–Trinajstić information content (AvgIpc) is 2.10. The fourth-order valence-corrected chi connectivity index (χ4v) is 1.17. The Morgan fingerprint density at radius 3 is 2.00 bits per heavy atom. The van der Waals surface area contributed by atoms with E-state index < -0.39 is 11.8 Å². The van der Waals surface area contributed by atoms with Crippen molar-refractivity contribution in [3.8, 4) is 0 Å². The molecule has 0 aromatic carbocycles. The summed E-state index contributed by atoms with van der Waals surface area (Å²) in [6.45, 7) is 2.14. The molecule has 4 heteroatoms. The van der Waals surface area contributed by atoms with Crippen molar-refractivity contribution >= 4 is 11.8 Å². The van der Waals surface area contributed by atoms with Crippen molar-refractivity contribution in [1.29, 1.82) is 0 Å². The minimum atomic E-state index is -1.55. The smallest absolute Gasteiger partial charge is 0.542 e. The Bertz CT molecular complexity index is 169. The molecule has 0 saturated heterocycles. The fourth-order valence-electron chi connectivity index (χ4n) is 1.17. The van der Waals surface area contributed by atoms with Crippen LogP contribution in [0.1, 0.15) is 51.9 Å². The van der Waals surface area contributed by atoms with Crippen molar-refractivity contribution in [2.24, 2.45) is 0 Å². The molecule has 0 aromatic rings. The zero-order chi connectivity index (χ0) is 10.1. The molecule has 0 aliphatic heterocycles. The largest absolute Gasteiger partial charge is 1.00 e. The zero-order valence-corrected chi connectivity index (χ0v) is 12.3. The molecule has 0 rings (SSSR count). The molecule has 0 unspecified atom stereocenters. The summed E-state index contributed by atoms with van der Waals surface area (Å²) < 4.78 is 0. The third-order valence-corrected chi connectivity index (χ3v) is 1.99. The van der Waals surface area contributed by atoms with E-state index in [1.54, 1.807) is 0 Å². The van der Waals surface area contributed by atoms with E-state index in [9.17, 15) is 14.7 Å². The summed E-state index contributed by atoms with van der Waals surface area (Å²) in [4.78, 5) is 20.6. The molecule has 76 valence electrons. The van der Waals surface area contributed by atoms with E-state index >= 15 is 0 Å². The quantitative estimate of drug-likeness (QED) is 0.274. The van der Waals surface area contributed by atoms with Crippen LogP contribution in [0.4, 0.5) is 0 Å². The maximum Gasteiger partial charge on any atom is 1.00 e. The first-order valence-corrected chi connectivity index (χ1v) is 4.92. The molecule has 0 bridgehead atoms. The molecule has 3 nitrogen and oxygen atoms in total. The maximum absolute atomic E-state index is 10.6. The van der Waals surface area contributed by atoms with E-state index in [1.807, 2.05) is 0 Å². The number of rotatable bonds is 8. The van der Waals surface area contributed by atoms with Crippen LogP contribution in [-0.2, 0) is 9.59 Å². The number of aliphatic carboxylic acids is 1. The number of hydrogen-bond acceptors (Lipinski definition) is 3. The molecule has 0 aliphatic rings. The number of Topliss-reactive ketones (excluding diaryl/α,β-unsaturated/α-hetero) is 1. The summed E-state index contributed by atoms with van der Waals surface area (Å²) in [6.07, 6.45) is 6.43. The van der Waals surface area contributed by atoms with E-state index in [0.29, 0.717) is 6.42 Å². The number of carbonyl (C=O) groups is 2. The van der Waals surface area contributed by atoms with Crippen LogP contribution in [-0.4, -0.2) is 11.8 Å². The normalized spacial score (nSPS) is 9.21. The van der Waals surface area contributed by atoms with Gasteiger partial charge >= 0.3 is 51.4 Å². The maximum atomic E-state index is 10.6. The minimum absolute atomic E-state index is 0. The molecule has 0 spiro atoms. The van der Waals surface area contributed by atoms with Gasteiger partial charge in [-0.15, -0.1) is 0 Å². The van der Waals surface area contributed by atoms with Crippen molar-refractivity contribution in [2.45, 2.75) is 51.9 Å². The Morgan fingerprint density at radius 2 is 1.50 bits per heavy atom. The zero-order valence-electron chi connectivity index (χ0n) is 9.17. The Hall–Kier alpha value is 0.776. The number of carbonyl (C=O) groups excluding carboxylic acids is 2. The van der Waals surface area contributed by atoms with Crippen LogP contribution in [0.3, 0.4) is 0 Å².